The maximum absolute atomic E-state index is 13.8. The van der Waals surface area contributed by atoms with Crippen LogP contribution in [0.25, 0.3) is 0 Å². The fourth-order valence-corrected chi connectivity index (χ4v) is 4.11. The van der Waals surface area contributed by atoms with E-state index < -0.39 is 43.0 Å². The fourth-order valence-electron chi connectivity index (χ4n) is 4.11. The van der Waals surface area contributed by atoms with Gasteiger partial charge >= 0.3 is 12.6 Å². The largest absolute Gasteiger partial charge is 0.416 e. The summed E-state index contributed by atoms with van der Waals surface area (Å²) in [5.74, 6) is -4.62. The van der Waals surface area contributed by atoms with E-state index in [4.69, 9.17) is 0 Å². The van der Waals surface area contributed by atoms with Gasteiger partial charge in [0.25, 0.3) is 11.8 Å². The second-order valence-corrected chi connectivity index (χ2v) is 8.46. The van der Waals surface area contributed by atoms with E-state index in [0.29, 0.717) is 18.5 Å². The molecule has 2 aromatic heterocycles. The summed E-state index contributed by atoms with van der Waals surface area (Å²) in [5.41, 5.74) is -0.524. The van der Waals surface area contributed by atoms with Crippen LogP contribution in [-0.4, -0.2) is 64.3 Å². The van der Waals surface area contributed by atoms with E-state index in [1.54, 1.807) is 0 Å². The Hall–Kier alpha value is -3.19. The van der Waals surface area contributed by atoms with Crippen LogP contribution in [0.5, 0.6) is 0 Å². The van der Waals surface area contributed by atoms with Crippen molar-refractivity contribution in [2.24, 2.45) is 0 Å². The second kappa shape index (κ2) is 9.46. The van der Waals surface area contributed by atoms with Gasteiger partial charge in [0.15, 0.2) is 0 Å². The molecule has 2 fully saturated rings. The standard InChI is InChI=1S/C21H21F7N6O/c22-17(23)18(35)33-6-2-12(3-7-33)14-10-16(31-15-9-13(1-5-29-15)21(26,27)28)32-19(30-14)34-8-4-20(24,25)11-34/h1,5,9-10,12,17H,2-4,6-8,11H2,(H,29,30,31,32). The molecule has 0 radical (unpaired) electrons. The molecule has 1 amide bonds. The van der Waals surface area contributed by atoms with Crippen LogP contribution >= 0.6 is 0 Å². The first kappa shape index (κ1) is 24.9. The maximum Gasteiger partial charge on any atom is 0.416 e. The third kappa shape index (κ3) is 5.90. The number of carbonyl (C=O) groups excluding carboxylic acids is 1. The summed E-state index contributed by atoms with van der Waals surface area (Å²) in [5, 5.41) is 2.68. The summed E-state index contributed by atoms with van der Waals surface area (Å²) in [6, 6.07) is 3.07. The third-order valence-corrected chi connectivity index (χ3v) is 5.94. The van der Waals surface area contributed by atoms with Gasteiger partial charge in [-0.1, -0.05) is 0 Å². The molecule has 0 saturated carbocycles. The quantitative estimate of drug-likeness (QED) is 0.605. The molecule has 2 saturated heterocycles. The predicted molar refractivity (Wildman–Crippen MR) is 111 cm³/mol. The van der Waals surface area contributed by atoms with Crippen molar-refractivity contribution in [1.82, 2.24) is 19.9 Å². The summed E-state index contributed by atoms with van der Waals surface area (Å²) in [7, 11) is 0. The van der Waals surface area contributed by atoms with Crippen molar-refractivity contribution in [3.05, 3.63) is 35.7 Å². The fraction of sp³-hybridized carbons (Fsp3) is 0.524. The lowest BCUT2D eigenvalue weighted by molar-refractivity contribution is -0.144. The van der Waals surface area contributed by atoms with Crippen molar-refractivity contribution in [3.8, 4) is 0 Å². The average Bonchev–Trinajstić information content (AvgIpc) is 3.18. The minimum absolute atomic E-state index is 0.0148. The van der Waals surface area contributed by atoms with Crippen LogP contribution in [0.3, 0.4) is 0 Å². The Bertz CT molecular complexity index is 1070. The van der Waals surface area contributed by atoms with E-state index in [9.17, 15) is 35.5 Å². The number of alkyl halides is 7. The number of nitrogens with zero attached hydrogens (tertiary/aromatic N) is 5. The Balaban J connectivity index is 1.60. The Morgan fingerprint density at radius 1 is 1.09 bits per heavy atom. The highest BCUT2D eigenvalue weighted by molar-refractivity contribution is 5.79. The van der Waals surface area contributed by atoms with Crippen molar-refractivity contribution < 1.29 is 35.5 Å². The van der Waals surface area contributed by atoms with E-state index in [-0.39, 0.29) is 43.1 Å². The SMILES string of the molecule is O=C(C(F)F)N1CCC(c2cc(Nc3cc(C(F)(F)F)ccn3)nc(N3CCC(F)(F)C3)n2)CC1. The Morgan fingerprint density at radius 2 is 1.80 bits per heavy atom. The Labute approximate surface area is 195 Å². The topological polar surface area (TPSA) is 74.2 Å². The monoisotopic (exact) mass is 506 g/mol. The maximum atomic E-state index is 13.8. The van der Waals surface area contributed by atoms with Crippen LogP contribution < -0.4 is 10.2 Å². The van der Waals surface area contributed by atoms with Crippen LogP contribution in [0.15, 0.2) is 24.4 Å². The minimum atomic E-state index is -4.59. The van der Waals surface area contributed by atoms with E-state index >= 15 is 0 Å². The molecule has 0 aliphatic carbocycles. The molecule has 7 nitrogen and oxygen atoms in total. The molecule has 190 valence electrons. The summed E-state index contributed by atoms with van der Waals surface area (Å²) < 4.78 is 92.2. The number of carbonyl (C=O) groups is 1. The number of piperidine rings is 1. The molecule has 35 heavy (non-hydrogen) atoms. The first-order chi connectivity index (χ1) is 16.4. The molecular formula is C21H21F7N6O. The van der Waals surface area contributed by atoms with Crippen LogP contribution in [0.4, 0.5) is 48.3 Å². The molecule has 0 unspecified atom stereocenters. The zero-order chi connectivity index (χ0) is 25.4. The molecule has 4 heterocycles. The first-order valence-electron chi connectivity index (χ1n) is 10.8. The van der Waals surface area contributed by atoms with Gasteiger partial charge in [-0.15, -0.1) is 0 Å². The number of pyridine rings is 1. The van der Waals surface area contributed by atoms with Gasteiger partial charge in [-0.25, -0.2) is 18.7 Å². The minimum Gasteiger partial charge on any atom is -0.338 e. The van der Waals surface area contributed by atoms with Crippen molar-refractivity contribution in [2.75, 3.05) is 36.4 Å². The first-order valence-corrected chi connectivity index (χ1v) is 10.8. The van der Waals surface area contributed by atoms with Gasteiger partial charge in [0.1, 0.15) is 11.6 Å². The van der Waals surface area contributed by atoms with E-state index in [0.717, 1.165) is 23.2 Å². The zero-order valence-electron chi connectivity index (χ0n) is 18.2. The number of amides is 1. The van der Waals surface area contributed by atoms with Crippen molar-refractivity contribution in [1.29, 1.82) is 0 Å². The molecule has 0 atom stereocenters. The number of halogens is 7. The highest BCUT2D eigenvalue weighted by Gasteiger charge is 2.40. The lowest BCUT2D eigenvalue weighted by Gasteiger charge is -2.32. The molecule has 0 aromatic carbocycles. The van der Waals surface area contributed by atoms with Gasteiger partial charge in [0.05, 0.1) is 17.8 Å². The number of likely N-dealkylation sites (tertiary alicyclic amines) is 1. The van der Waals surface area contributed by atoms with Crippen LogP contribution in [0.2, 0.25) is 0 Å². The predicted octanol–water partition coefficient (Wildman–Crippen LogP) is 4.45. The number of anilines is 3. The molecule has 1 N–H and O–H groups in total. The molecule has 14 heteroatoms. The van der Waals surface area contributed by atoms with E-state index in [2.05, 4.69) is 20.3 Å². The lowest BCUT2D eigenvalue weighted by atomic mass is 9.93. The number of nitrogens with one attached hydrogen (secondary N) is 1. The van der Waals surface area contributed by atoms with Gasteiger partial charge in [-0.3, -0.25) is 4.79 Å². The third-order valence-electron chi connectivity index (χ3n) is 5.94. The molecule has 2 aliphatic rings. The smallest absolute Gasteiger partial charge is 0.338 e. The van der Waals surface area contributed by atoms with Crippen molar-refractivity contribution in [2.45, 2.75) is 43.7 Å². The van der Waals surface area contributed by atoms with Gasteiger partial charge in [0.2, 0.25) is 5.95 Å². The zero-order valence-corrected chi connectivity index (χ0v) is 18.2. The van der Waals surface area contributed by atoms with Crippen LogP contribution in [0, 0.1) is 0 Å². The molecule has 2 aliphatic heterocycles. The average molecular weight is 506 g/mol. The van der Waals surface area contributed by atoms with E-state index in [1.165, 1.54) is 11.0 Å². The highest BCUT2D eigenvalue weighted by Crippen LogP contribution is 2.34. The molecule has 4 rings (SSSR count). The summed E-state index contributed by atoms with van der Waals surface area (Å²) in [6.45, 7) is -0.502. The number of rotatable bonds is 5. The summed E-state index contributed by atoms with van der Waals surface area (Å²) >= 11 is 0. The van der Waals surface area contributed by atoms with Gasteiger partial charge < -0.3 is 15.1 Å². The molecule has 2 aromatic rings. The Kier molecular flexibility index (Phi) is 6.73. The molecule has 0 bridgehead atoms. The number of aromatic nitrogens is 3. The molecule has 0 spiro atoms. The van der Waals surface area contributed by atoms with Crippen LogP contribution in [-0.2, 0) is 11.0 Å². The Morgan fingerprint density at radius 3 is 2.40 bits per heavy atom. The van der Waals surface area contributed by atoms with Gasteiger partial charge in [-0.05, 0) is 25.0 Å². The number of hydrogen-bond donors (Lipinski definition) is 1. The number of hydrogen-bond acceptors (Lipinski definition) is 6. The summed E-state index contributed by atoms with van der Waals surface area (Å²) in [4.78, 5) is 26.4. The van der Waals surface area contributed by atoms with Crippen LogP contribution in [0.1, 0.15) is 36.4 Å². The second-order valence-electron chi connectivity index (χ2n) is 8.46. The lowest BCUT2D eigenvalue weighted by Crippen LogP contribution is -2.41. The summed E-state index contributed by atoms with van der Waals surface area (Å²) in [6.07, 6.45) is -6.52. The van der Waals surface area contributed by atoms with Gasteiger partial charge in [-0.2, -0.15) is 26.9 Å². The van der Waals surface area contributed by atoms with Gasteiger partial charge in [0, 0.05) is 44.2 Å². The molecular weight excluding hydrogens is 485 g/mol. The highest BCUT2D eigenvalue weighted by atomic mass is 19.4. The van der Waals surface area contributed by atoms with E-state index in [1.807, 2.05) is 0 Å². The normalized spacial score (nSPS) is 18.9. The van der Waals surface area contributed by atoms with Crippen molar-refractivity contribution in [3.63, 3.8) is 0 Å². The van der Waals surface area contributed by atoms with Crippen molar-refractivity contribution >= 4 is 23.5 Å².